The van der Waals surface area contributed by atoms with E-state index in [4.69, 9.17) is 52.1 Å². The van der Waals surface area contributed by atoms with Crippen LogP contribution in [0.1, 0.15) is 0 Å². The molecule has 0 aromatic rings. The summed E-state index contributed by atoms with van der Waals surface area (Å²) in [5.41, 5.74) is 0. The fraction of sp³-hybridized carbons (Fsp3) is 0.944. The second kappa shape index (κ2) is 24.8. The molecule has 6 aliphatic rings. The number of hydrogen-bond donors (Lipinski definition) is 18. The van der Waals surface area contributed by atoms with Crippen LogP contribution in [0.3, 0.4) is 0 Å². The third-order valence-electron chi connectivity index (χ3n) is 11.9. The first kappa shape index (κ1) is 56.4. The molecule has 0 aliphatic carbocycles. The molecule has 6 aliphatic heterocycles. The Morgan fingerprint density at radius 1 is 0.318 bits per heavy atom. The summed E-state index contributed by atoms with van der Waals surface area (Å²) >= 11 is 0. The summed E-state index contributed by atoms with van der Waals surface area (Å²) in [6.07, 6.45) is -48.7. The maximum absolute atomic E-state index is 11.2. The predicted molar refractivity (Wildman–Crippen MR) is 196 cm³/mol. The Kier molecular flexibility index (Phi) is 21.2. The van der Waals surface area contributed by atoms with Crippen LogP contribution in [-0.4, -0.2) is 303 Å². The minimum absolute atomic E-state index is 0. The van der Waals surface area contributed by atoms with E-state index in [9.17, 15) is 91.9 Å². The third kappa shape index (κ3) is 11.9. The van der Waals surface area contributed by atoms with E-state index in [2.05, 4.69) is 0 Å². The van der Waals surface area contributed by atoms with Gasteiger partial charge in [-0.15, -0.1) is 0 Å². The summed E-state index contributed by atoms with van der Waals surface area (Å²) in [7, 11) is 0. The molecular weight excluding hydrogens is 1090 g/mol. The van der Waals surface area contributed by atoms with Crippen molar-refractivity contribution in [3.05, 3.63) is 13.0 Å². The van der Waals surface area contributed by atoms with Gasteiger partial charge in [0, 0.05) is 6.61 Å². The zero-order valence-electron chi connectivity index (χ0n) is 34.4. The zero-order valence-corrected chi connectivity index (χ0v) is 36.7. The zero-order chi connectivity index (χ0) is 47.6. The van der Waals surface area contributed by atoms with Gasteiger partial charge in [-0.05, 0) is 18.3 Å². The molecule has 0 spiro atoms. The number of rotatable bonds is 16. The van der Waals surface area contributed by atoms with Gasteiger partial charge in [0.05, 0.1) is 45.2 Å². The van der Waals surface area contributed by atoms with E-state index in [1.54, 1.807) is 0 Å². The van der Waals surface area contributed by atoms with E-state index in [1.807, 2.05) is 0 Å². The molecule has 6 heterocycles. The van der Waals surface area contributed by atoms with Crippen LogP contribution < -0.4 is 0 Å². The molecule has 388 valence electrons. The van der Waals surface area contributed by atoms with Crippen LogP contribution in [0.4, 0.5) is 0 Å². The standard InChI is InChI=1S/C36H60O29.Pt/c37-2-9-1-10(43)18(46)32(56-9)62-28-13(4-39)58-34(24(52)19(28)47)64-30-15(6-41)60-36(26(54)21(30)49)65-31-16(7-42)59-35(25(53)22(31)50)63-29-14(5-40)57-33(23(51)20(29)48)61-27-12(3-38)55-8-11(44)17(27)45;/h1,8-54H,2-7H2;/q-2;+2/t9-,10?,11?,12+,13+,14+,15+,16+,17?,18?,19?,20?,21?,22?,23?,24?,25?,26?,27+,28+,29+,30+,31+,32+,33+,34+,35+,36+;/m0./s1. The van der Waals surface area contributed by atoms with Crippen molar-refractivity contribution < 1.29 is 165 Å². The second-order valence-corrected chi connectivity index (χ2v) is 16.2. The second-order valence-electron chi connectivity index (χ2n) is 16.2. The Balaban J connectivity index is 0.00000817. The summed E-state index contributed by atoms with van der Waals surface area (Å²) in [4.78, 5) is 0. The average molecular weight is 1150 g/mol. The quantitative estimate of drug-likeness (QED) is 0.0638. The minimum atomic E-state index is -2.14. The molecule has 12 unspecified atom stereocenters. The van der Waals surface area contributed by atoms with Gasteiger partial charge < -0.3 is 144 Å². The Labute approximate surface area is 388 Å². The smallest absolute Gasteiger partial charge is 0.544 e. The summed E-state index contributed by atoms with van der Waals surface area (Å²) in [6, 6.07) is 0. The molecule has 0 radical (unpaired) electrons. The Hall–Kier alpha value is -0.472. The van der Waals surface area contributed by atoms with Crippen molar-refractivity contribution in [3.63, 3.8) is 0 Å². The molecule has 0 aromatic carbocycles. The molecule has 30 heteroatoms. The molecule has 29 nitrogen and oxygen atoms in total. The van der Waals surface area contributed by atoms with E-state index in [0.717, 1.165) is 13.0 Å². The van der Waals surface area contributed by atoms with Gasteiger partial charge in [0.2, 0.25) is 0 Å². The molecule has 6 saturated heterocycles. The van der Waals surface area contributed by atoms with Gasteiger partial charge in [0.15, 0.2) is 31.5 Å². The first-order valence-corrected chi connectivity index (χ1v) is 20.6. The molecule has 0 saturated carbocycles. The fourth-order valence-corrected chi connectivity index (χ4v) is 8.18. The summed E-state index contributed by atoms with van der Waals surface area (Å²) < 4.78 is 60.9. The van der Waals surface area contributed by atoms with Crippen molar-refractivity contribution in [1.29, 1.82) is 0 Å². The first-order chi connectivity index (χ1) is 30.9. The van der Waals surface area contributed by atoms with Gasteiger partial charge in [0.25, 0.3) is 0 Å². The molecular formula is C36H60O29Pt. The molecule has 0 bridgehead atoms. The van der Waals surface area contributed by atoms with Gasteiger partial charge in [0.1, 0.15) is 110 Å². The number of aliphatic hydroxyl groups is 18. The van der Waals surface area contributed by atoms with Crippen LogP contribution >= 0.6 is 0 Å². The van der Waals surface area contributed by atoms with Crippen molar-refractivity contribution in [3.8, 4) is 0 Å². The molecule has 0 aromatic heterocycles. The van der Waals surface area contributed by atoms with Crippen molar-refractivity contribution in [2.75, 3.05) is 39.6 Å². The van der Waals surface area contributed by atoms with Crippen LogP contribution in [-0.2, 0) is 73.2 Å². The normalized spacial score (nSPS) is 51.5. The molecule has 18 N–H and O–H groups in total. The first-order valence-electron chi connectivity index (χ1n) is 20.6. The van der Waals surface area contributed by atoms with E-state index in [1.165, 1.54) is 0 Å². The van der Waals surface area contributed by atoms with E-state index < -0.39 is 211 Å². The number of aliphatic hydroxyl groups excluding tert-OH is 18. The number of ether oxygens (including phenoxy) is 11. The SMILES string of the molecule is OC[C@@H]1[CH-]C(O)C(O)[C@@H](O[C@H]2C(O)C(O)[C@@H](O[C@H]3C(O)C(O)[C@@H](O[C@H]4C(O)C(O)[C@@H](O[C@H]5C(O)C(O)[C@@H](O[C@H]6C(O)C(O)[CH-]O[C@@H]6CO)O[C@@H]5CO)O[C@@H]4CO)O[C@@H]3CO)O[C@@H]2CO)O1.[Pt+2]. The van der Waals surface area contributed by atoms with Crippen molar-refractivity contribution in [2.45, 2.75) is 172 Å². The molecule has 0 amide bonds. The Bertz CT molecular complexity index is 1440. The Morgan fingerprint density at radius 2 is 0.606 bits per heavy atom. The van der Waals surface area contributed by atoms with Crippen LogP contribution in [0.5, 0.6) is 0 Å². The Morgan fingerprint density at radius 3 is 0.894 bits per heavy atom. The van der Waals surface area contributed by atoms with Crippen LogP contribution in [0.2, 0.25) is 0 Å². The van der Waals surface area contributed by atoms with Crippen LogP contribution in [0, 0.1) is 13.0 Å². The summed E-state index contributed by atoms with van der Waals surface area (Å²) in [5, 5.41) is 189. The van der Waals surface area contributed by atoms with Gasteiger partial charge in [-0.1, -0.05) is 0 Å². The molecule has 6 fully saturated rings. The fourth-order valence-electron chi connectivity index (χ4n) is 8.18. The molecule has 28 atom stereocenters. The maximum Gasteiger partial charge on any atom is 2.00 e. The summed E-state index contributed by atoms with van der Waals surface area (Å²) in [5.74, 6) is 0. The largest absolute Gasteiger partial charge is 2.00 e. The van der Waals surface area contributed by atoms with Gasteiger partial charge in [-0.3, -0.25) is 6.42 Å². The van der Waals surface area contributed by atoms with Gasteiger partial charge >= 0.3 is 21.1 Å². The van der Waals surface area contributed by atoms with E-state index >= 15 is 0 Å². The van der Waals surface area contributed by atoms with Gasteiger partial charge in [-0.2, -0.15) is 6.61 Å². The average Bonchev–Trinajstić information content (AvgIpc) is 3.30. The number of hydrogen-bond acceptors (Lipinski definition) is 29. The third-order valence-corrected chi connectivity index (χ3v) is 11.9. The minimum Gasteiger partial charge on any atom is -0.544 e. The molecule has 66 heavy (non-hydrogen) atoms. The van der Waals surface area contributed by atoms with E-state index in [-0.39, 0.29) is 21.1 Å². The summed E-state index contributed by atoms with van der Waals surface area (Å²) in [6.45, 7) is -4.31. The topological polar surface area (TPSA) is 466 Å². The predicted octanol–water partition coefficient (Wildman–Crippen LogP) is -12.4. The van der Waals surface area contributed by atoms with Crippen LogP contribution in [0.25, 0.3) is 0 Å². The molecule has 6 rings (SSSR count). The van der Waals surface area contributed by atoms with Crippen molar-refractivity contribution in [2.24, 2.45) is 0 Å². The van der Waals surface area contributed by atoms with Crippen molar-refractivity contribution >= 4 is 0 Å². The van der Waals surface area contributed by atoms with Crippen LogP contribution in [0.15, 0.2) is 0 Å². The van der Waals surface area contributed by atoms with Crippen molar-refractivity contribution in [1.82, 2.24) is 0 Å². The van der Waals surface area contributed by atoms with E-state index in [0.29, 0.717) is 0 Å². The maximum atomic E-state index is 11.2. The monoisotopic (exact) mass is 1150 g/mol. The van der Waals surface area contributed by atoms with Gasteiger partial charge in [-0.25, -0.2) is 0 Å².